The third-order valence-corrected chi connectivity index (χ3v) is 3.93. The second-order valence-electron chi connectivity index (χ2n) is 6.02. The minimum absolute atomic E-state index is 0.174. The predicted molar refractivity (Wildman–Crippen MR) is 91.4 cm³/mol. The molecule has 1 heterocycles. The lowest BCUT2D eigenvalue weighted by atomic mass is 10.1. The van der Waals surface area contributed by atoms with Crippen LogP contribution in [0.25, 0.3) is 10.9 Å². The average Bonchev–Trinajstić information content (AvgIpc) is 2.97. The van der Waals surface area contributed by atoms with Crippen LogP contribution in [0.3, 0.4) is 0 Å². The summed E-state index contributed by atoms with van der Waals surface area (Å²) in [6.07, 6.45) is -3.50. The molecule has 0 aliphatic carbocycles. The van der Waals surface area contributed by atoms with Crippen LogP contribution in [0.2, 0.25) is 0 Å². The second kappa shape index (κ2) is 6.63. The molecule has 2 N–H and O–H groups in total. The second-order valence-corrected chi connectivity index (χ2v) is 6.02. The number of aromatic nitrogens is 1. The lowest BCUT2D eigenvalue weighted by molar-refractivity contribution is -0.140. The van der Waals surface area contributed by atoms with Gasteiger partial charge in [0.1, 0.15) is 5.69 Å². The van der Waals surface area contributed by atoms with E-state index < -0.39 is 11.9 Å². The van der Waals surface area contributed by atoms with Gasteiger partial charge in [-0.2, -0.15) is 13.2 Å². The maximum absolute atomic E-state index is 12.7. The highest BCUT2D eigenvalue weighted by molar-refractivity contribution is 5.94. The topological polar surface area (TPSA) is 44.9 Å². The number of amides is 1. The number of benzene rings is 2. The Hall–Kier alpha value is -2.76. The molecule has 2 aromatic carbocycles. The molecule has 25 heavy (non-hydrogen) atoms. The molecule has 0 aliphatic heterocycles. The van der Waals surface area contributed by atoms with Crippen LogP contribution in [0.4, 0.5) is 18.9 Å². The SMILES string of the molecule is Cc1cccc(CCC(=O)Nc2ccc3[nH]c(C(F)(F)F)cc3c2)c1. The lowest BCUT2D eigenvalue weighted by Gasteiger charge is -2.06. The third kappa shape index (κ3) is 4.21. The summed E-state index contributed by atoms with van der Waals surface area (Å²) < 4.78 is 38.2. The Kier molecular flexibility index (Phi) is 4.53. The largest absolute Gasteiger partial charge is 0.431 e. The quantitative estimate of drug-likeness (QED) is 0.681. The van der Waals surface area contributed by atoms with Gasteiger partial charge in [0.2, 0.25) is 5.91 Å². The van der Waals surface area contributed by atoms with Crippen molar-refractivity contribution >= 4 is 22.5 Å². The first-order valence-corrected chi connectivity index (χ1v) is 7.86. The molecule has 0 aliphatic rings. The Morgan fingerprint density at radius 3 is 2.64 bits per heavy atom. The van der Waals surface area contributed by atoms with E-state index in [-0.39, 0.29) is 5.91 Å². The Morgan fingerprint density at radius 1 is 1.12 bits per heavy atom. The molecular weight excluding hydrogens is 329 g/mol. The molecule has 0 fully saturated rings. The van der Waals surface area contributed by atoms with E-state index in [4.69, 9.17) is 0 Å². The molecule has 0 spiro atoms. The zero-order valence-electron chi connectivity index (χ0n) is 13.6. The van der Waals surface area contributed by atoms with Crippen molar-refractivity contribution in [3.63, 3.8) is 0 Å². The monoisotopic (exact) mass is 346 g/mol. The molecule has 130 valence electrons. The van der Waals surface area contributed by atoms with Crippen LogP contribution in [0.15, 0.2) is 48.5 Å². The predicted octanol–water partition coefficient (Wildman–Crippen LogP) is 5.07. The van der Waals surface area contributed by atoms with Gasteiger partial charge < -0.3 is 10.3 Å². The smallest absolute Gasteiger partial charge is 0.351 e. The van der Waals surface area contributed by atoms with Gasteiger partial charge in [-0.05, 0) is 43.2 Å². The molecule has 1 aromatic heterocycles. The number of aryl methyl sites for hydroxylation is 2. The van der Waals surface area contributed by atoms with Crippen molar-refractivity contribution < 1.29 is 18.0 Å². The normalized spacial score (nSPS) is 11.7. The van der Waals surface area contributed by atoms with Crippen molar-refractivity contribution in [2.24, 2.45) is 0 Å². The lowest BCUT2D eigenvalue weighted by Crippen LogP contribution is -2.12. The Labute approximate surface area is 142 Å². The number of carbonyl (C=O) groups excluding carboxylic acids is 1. The van der Waals surface area contributed by atoms with Crippen molar-refractivity contribution in [3.8, 4) is 0 Å². The van der Waals surface area contributed by atoms with E-state index in [1.807, 2.05) is 31.2 Å². The number of aromatic amines is 1. The molecule has 3 aromatic rings. The maximum Gasteiger partial charge on any atom is 0.431 e. The zero-order chi connectivity index (χ0) is 18.0. The van der Waals surface area contributed by atoms with Gasteiger partial charge in [0.25, 0.3) is 0 Å². The van der Waals surface area contributed by atoms with Crippen LogP contribution in [-0.4, -0.2) is 10.9 Å². The number of halogens is 3. The summed E-state index contributed by atoms with van der Waals surface area (Å²) in [5, 5.41) is 3.14. The standard InChI is InChI=1S/C19H17F3N2O/c1-12-3-2-4-13(9-12)5-8-18(25)23-15-6-7-16-14(10-15)11-17(24-16)19(20,21)22/h2-4,6-7,9-11,24H,5,8H2,1H3,(H,23,25). The molecule has 0 radical (unpaired) electrons. The molecule has 0 saturated heterocycles. The molecule has 3 nitrogen and oxygen atoms in total. The van der Waals surface area contributed by atoms with Crippen molar-refractivity contribution in [3.05, 3.63) is 65.4 Å². The van der Waals surface area contributed by atoms with Crippen molar-refractivity contribution in [1.29, 1.82) is 0 Å². The van der Waals surface area contributed by atoms with E-state index >= 15 is 0 Å². The van der Waals surface area contributed by atoms with Gasteiger partial charge in [-0.3, -0.25) is 4.79 Å². The van der Waals surface area contributed by atoms with E-state index in [0.29, 0.717) is 29.4 Å². The highest BCUT2D eigenvalue weighted by Gasteiger charge is 2.32. The summed E-state index contributed by atoms with van der Waals surface area (Å²) in [5.41, 5.74) is 2.27. The summed E-state index contributed by atoms with van der Waals surface area (Å²) in [7, 11) is 0. The Morgan fingerprint density at radius 2 is 1.92 bits per heavy atom. The third-order valence-electron chi connectivity index (χ3n) is 3.93. The van der Waals surface area contributed by atoms with Crippen molar-refractivity contribution in [2.75, 3.05) is 5.32 Å². The summed E-state index contributed by atoms with van der Waals surface area (Å²) in [6, 6.07) is 13.6. The fourth-order valence-electron chi connectivity index (χ4n) is 2.71. The number of hydrogen-bond acceptors (Lipinski definition) is 1. The molecule has 0 atom stereocenters. The van der Waals surface area contributed by atoms with Crippen LogP contribution in [-0.2, 0) is 17.4 Å². The van der Waals surface area contributed by atoms with Gasteiger partial charge in [-0.15, -0.1) is 0 Å². The van der Waals surface area contributed by atoms with Gasteiger partial charge in [-0.25, -0.2) is 0 Å². The van der Waals surface area contributed by atoms with E-state index in [2.05, 4.69) is 10.3 Å². The van der Waals surface area contributed by atoms with Gasteiger partial charge >= 0.3 is 6.18 Å². The molecule has 0 bridgehead atoms. The van der Waals surface area contributed by atoms with Crippen molar-refractivity contribution in [2.45, 2.75) is 25.9 Å². The summed E-state index contributed by atoms with van der Waals surface area (Å²) >= 11 is 0. The first-order chi connectivity index (χ1) is 11.8. The van der Waals surface area contributed by atoms with E-state index in [0.717, 1.165) is 17.2 Å². The maximum atomic E-state index is 12.7. The Bertz CT molecular complexity index is 912. The minimum atomic E-state index is -4.42. The molecular formula is C19H17F3N2O. The van der Waals surface area contributed by atoms with E-state index in [9.17, 15) is 18.0 Å². The first-order valence-electron chi connectivity index (χ1n) is 7.86. The number of H-pyrrole nitrogens is 1. The number of fused-ring (bicyclic) bond motifs is 1. The van der Waals surface area contributed by atoms with Crippen LogP contribution in [0, 0.1) is 6.92 Å². The van der Waals surface area contributed by atoms with Crippen molar-refractivity contribution in [1.82, 2.24) is 4.98 Å². The van der Waals surface area contributed by atoms with Gasteiger partial charge in [0.05, 0.1) is 0 Å². The molecule has 0 unspecified atom stereocenters. The fraction of sp³-hybridized carbons (Fsp3) is 0.211. The van der Waals surface area contributed by atoms with Crippen LogP contribution >= 0.6 is 0 Å². The molecule has 3 rings (SSSR count). The molecule has 6 heteroatoms. The summed E-state index contributed by atoms with van der Waals surface area (Å²) in [5.74, 6) is -0.174. The summed E-state index contributed by atoms with van der Waals surface area (Å²) in [4.78, 5) is 14.4. The number of hydrogen-bond donors (Lipinski definition) is 2. The fourth-order valence-corrected chi connectivity index (χ4v) is 2.71. The number of carbonyl (C=O) groups is 1. The number of rotatable bonds is 4. The number of nitrogens with one attached hydrogen (secondary N) is 2. The number of anilines is 1. The molecule has 1 amide bonds. The van der Waals surface area contributed by atoms with Crippen LogP contribution in [0.1, 0.15) is 23.2 Å². The highest BCUT2D eigenvalue weighted by atomic mass is 19.4. The van der Waals surface area contributed by atoms with Gasteiger partial charge in [-0.1, -0.05) is 29.8 Å². The van der Waals surface area contributed by atoms with Gasteiger partial charge in [0, 0.05) is 23.0 Å². The Balaban J connectivity index is 1.66. The zero-order valence-corrected chi connectivity index (χ0v) is 13.6. The van der Waals surface area contributed by atoms with Gasteiger partial charge in [0.15, 0.2) is 0 Å². The average molecular weight is 346 g/mol. The number of alkyl halides is 3. The van der Waals surface area contributed by atoms with E-state index in [1.165, 1.54) is 12.1 Å². The van der Waals surface area contributed by atoms with Crippen LogP contribution < -0.4 is 5.32 Å². The molecule has 0 saturated carbocycles. The highest BCUT2D eigenvalue weighted by Crippen LogP contribution is 2.31. The minimum Gasteiger partial charge on any atom is -0.351 e. The summed E-state index contributed by atoms with van der Waals surface area (Å²) in [6.45, 7) is 1.99. The first kappa shape index (κ1) is 17.1. The van der Waals surface area contributed by atoms with E-state index in [1.54, 1.807) is 6.07 Å². The van der Waals surface area contributed by atoms with Crippen LogP contribution in [0.5, 0.6) is 0 Å².